The Balaban J connectivity index is 1.69. The van der Waals surface area contributed by atoms with Gasteiger partial charge in [0.1, 0.15) is 11.5 Å². The summed E-state index contributed by atoms with van der Waals surface area (Å²) < 4.78 is 10.4. The molecule has 4 heteroatoms. The van der Waals surface area contributed by atoms with Crippen LogP contribution in [0.2, 0.25) is 0 Å². The zero-order valence-electron chi connectivity index (χ0n) is 13.5. The Morgan fingerprint density at radius 3 is 2.39 bits per heavy atom. The molecular weight excluding hydrogens is 290 g/mol. The van der Waals surface area contributed by atoms with Gasteiger partial charge in [-0.1, -0.05) is 18.2 Å². The minimum absolute atomic E-state index is 0.0433. The van der Waals surface area contributed by atoms with E-state index in [9.17, 15) is 4.79 Å². The van der Waals surface area contributed by atoms with Crippen LogP contribution in [0.15, 0.2) is 36.4 Å². The summed E-state index contributed by atoms with van der Waals surface area (Å²) in [4.78, 5) is 12.3. The van der Waals surface area contributed by atoms with Crippen molar-refractivity contribution in [1.29, 1.82) is 0 Å². The number of rotatable bonds is 5. The molecule has 0 bridgehead atoms. The summed E-state index contributed by atoms with van der Waals surface area (Å²) >= 11 is 0. The molecule has 1 amide bonds. The Labute approximate surface area is 136 Å². The van der Waals surface area contributed by atoms with Crippen molar-refractivity contribution in [2.75, 3.05) is 19.5 Å². The molecule has 2 aromatic rings. The molecule has 23 heavy (non-hydrogen) atoms. The number of carbonyl (C=O) groups is 1. The summed E-state index contributed by atoms with van der Waals surface area (Å²) in [7, 11) is 3.18. The summed E-state index contributed by atoms with van der Waals surface area (Å²) in [5.74, 6) is 1.26. The van der Waals surface area contributed by atoms with E-state index in [0.29, 0.717) is 23.6 Å². The second-order valence-corrected chi connectivity index (χ2v) is 5.78. The molecule has 0 aliphatic heterocycles. The highest BCUT2D eigenvalue weighted by Gasteiger charge is 2.12. The molecule has 0 unspecified atom stereocenters. The van der Waals surface area contributed by atoms with Crippen LogP contribution in [0.4, 0.5) is 5.69 Å². The Morgan fingerprint density at radius 2 is 1.70 bits per heavy atom. The van der Waals surface area contributed by atoms with E-state index >= 15 is 0 Å². The first-order chi connectivity index (χ1) is 11.2. The number of nitrogens with one attached hydrogen (secondary N) is 1. The zero-order valence-corrected chi connectivity index (χ0v) is 13.5. The summed E-state index contributed by atoms with van der Waals surface area (Å²) in [6.45, 7) is 0. The zero-order chi connectivity index (χ0) is 16.2. The van der Waals surface area contributed by atoms with Gasteiger partial charge in [0, 0.05) is 23.9 Å². The lowest BCUT2D eigenvalue weighted by molar-refractivity contribution is -0.115. The van der Waals surface area contributed by atoms with Crippen LogP contribution >= 0.6 is 0 Å². The second-order valence-electron chi connectivity index (χ2n) is 5.78. The van der Waals surface area contributed by atoms with Crippen LogP contribution in [0.1, 0.15) is 23.1 Å². The maximum Gasteiger partial charge on any atom is 0.228 e. The fourth-order valence-corrected chi connectivity index (χ4v) is 3.01. The fourth-order valence-electron chi connectivity index (χ4n) is 3.01. The first-order valence-electron chi connectivity index (χ1n) is 7.81. The van der Waals surface area contributed by atoms with E-state index in [0.717, 1.165) is 18.4 Å². The van der Waals surface area contributed by atoms with Gasteiger partial charge < -0.3 is 14.8 Å². The van der Waals surface area contributed by atoms with Crippen molar-refractivity contribution in [1.82, 2.24) is 0 Å². The SMILES string of the molecule is COc1cc(NC(=O)Cc2ccc3c(c2)CCC3)cc(OC)c1. The third-order valence-electron chi connectivity index (χ3n) is 4.16. The predicted octanol–water partition coefficient (Wildman–Crippen LogP) is 3.37. The monoisotopic (exact) mass is 311 g/mol. The largest absolute Gasteiger partial charge is 0.497 e. The number of anilines is 1. The molecule has 3 rings (SSSR count). The van der Waals surface area contributed by atoms with Crippen molar-refractivity contribution < 1.29 is 14.3 Å². The number of ether oxygens (including phenoxy) is 2. The number of hydrogen-bond donors (Lipinski definition) is 1. The van der Waals surface area contributed by atoms with Gasteiger partial charge in [-0.3, -0.25) is 4.79 Å². The van der Waals surface area contributed by atoms with E-state index in [-0.39, 0.29) is 5.91 Å². The van der Waals surface area contributed by atoms with Gasteiger partial charge in [-0.15, -0.1) is 0 Å². The minimum Gasteiger partial charge on any atom is -0.497 e. The molecule has 0 spiro atoms. The van der Waals surface area contributed by atoms with Crippen molar-refractivity contribution >= 4 is 11.6 Å². The van der Waals surface area contributed by atoms with Gasteiger partial charge in [-0.05, 0) is 36.0 Å². The smallest absolute Gasteiger partial charge is 0.228 e. The molecule has 0 saturated heterocycles. The Hall–Kier alpha value is -2.49. The van der Waals surface area contributed by atoms with Crippen LogP contribution in [-0.4, -0.2) is 20.1 Å². The molecule has 0 heterocycles. The molecule has 0 saturated carbocycles. The molecule has 1 aliphatic carbocycles. The average molecular weight is 311 g/mol. The quantitative estimate of drug-likeness (QED) is 0.921. The van der Waals surface area contributed by atoms with Gasteiger partial charge in [-0.25, -0.2) is 0 Å². The van der Waals surface area contributed by atoms with E-state index in [4.69, 9.17) is 9.47 Å². The summed E-state index contributed by atoms with van der Waals surface area (Å²) in [6.07, 6.45) is 3.87. The van der Waals surface area contributed by atoms with Crippen molar-refractivity contribution in [3.63, 3.8) is 0 Å². The van der Waals surface area contributed by atoms with Crippen LogP contribution in [0.3, 0.4) is 0 Å². The lowest BCUT2D eigenvalue weighted by atomic mass is 10.0. The lowest BCUT2D eigenvalue weighted by Crippen LogP contribution is -2.14. The van der Waals surface area contributed by atoms with E-state index in [1.165, 1.54) is 17.5 Å². The third-order valence-corrected chi connectivity index (χ3v) is 4.16. The first-order valence-corrected chi connectivity index (χ1v) is 7.81. The van der Waals surface area contributed by atoms with Gasteiger partial charge >= 0.3 is 0 Å². The number of benzene rings is 2. The molecule has 120 valence electrons. The van der Waals surface area contributed by atoms with Gasteiger partial charge in [0.05, 0.1) is 20.6 Å². The molecule has 0 fully saturated rings. The Bertz CT molecular complexity index is 702. The van der Waals surface area contributed by atoms with Crippen molar-refractivity contribution in [3.05, 3.63) is 53.1 Å². The van der Waals surface area contributed by atoms with Crippen LogP contribution in [0.25, 0.3) is 0 Å². The summed E-state index contributed by atoms with van der Waals surface area (Å²) in [5.41, 5.74) is 4.54. The fraction of sp³-hybridized carbons (Fsp3) is 0.316. The Morgan fingerprint density at radius 1 is 1.00 bits per heavy atom. The van der Waals surface area contributed by atoms with E-state index in [1.54, 1.807) is 32.4 Å². The topological polar surface area (TPSA) is 47.6 Å². The highest BCUT2D eigenvalue weighted by molar-refractivity contribution is 5.92. The van der Waals surface area contributed by atoms with Crippen LogP contribution < -0.4 is 14.8 Å². The highest BCUT2D eigenvalue weighted by atomic mass is 16.5. The molecule has 1 N–H and O–H groups in total. The molecular formula is C19H21NO3. The summed E-state index contributed by atoms with van der Waals surface area (Å²) in [5, 5.41) is 2.91. The first kappa shape index (κ1) is 15.4. The van der Waals surface area contributed by atoms with Gasteiger partial charge in [0.2, 0.25) is 5.91 Å². The molecule has 2 aromatic carbocycles. The number of methoxy groups -OCH3 is 2. The molecule has 1 aliphatic rings. The number of hydrogen-bond acceptors (Lipinski definition) is 3. The molecule has 0 atom stereocenters. The van der Waals surface area contributed by atoms with E-state index < -0.39 is 0 Å². The minimum atomic E-state index is -0.0433. The highest BCUT2D eigenvalue weighted by Crippen LogP contribution is 2.26. The van der Waals surface area contributed by atoms with Crippen molar-refractivity contribution in [3.8, 4) is 11.5 Å². The van der Waals surface area contributed by atoms with Gasteiger partial charge in [0.15, 0.2) is 0 Å². The molecule has 0 aromatic heterocycles. The normalized spacial score (nSPS) is 12.6. The third kappa shape index (κ3) is 3.65. The predicted molar refractivity (Wildman–Crippen MR) is 90.3 cm³/mol. The van der Waals surface area contributed by atoms with E-state index in [1.807, 2.05) is 0 Å². The number of amides is 1. The second kappa shape index (κ2) is 6.73. The van der Waals surface area contributed by atoms with Gasteiger partial charge in [0.25, 0.3) is 0 Å². The average Bonchev–Trinajstić information content (AvgIpc) is 3.01. The van der Waals surface area contributed by atoms with Crippen molar-refractivity contribution in [2.45, 2.75) is 25.7 Å². The van der Waals surface area contributed by atoms with E-state index in [2.05, 4.69) is 23.5 Å². The number of carbonyl (C=O) groups excluding carboxylic acids is 1. The molecule has 0 radical (unpaired) electrons. The summed E-state index contributed by atoms with van der Waals surface area (Å²) in [6, 6.07) is 11.7. The standard InChI is InChI=1S/C19H21NO3/c1-22-17-10-16(11-18(12-17)23-2)20-19(21)9-13-6-7-14-4-3-5-15(14)8-13/h6-8,10-12H,3-5,9H2,1-2H3,(H,20,21). The molecule has 4 nitrogen and oxygen atoms in total. The number of aryl methyl sites for hydroxylation is 2. The van der Waals surface area contributed by atoms with Crippen molar-refractivity contribution in [2.24, 2.45) is 0 Å². The maximum absolute atomic E-state index is 12.3. The number of fused-ring (bicyclic) bond motifs is 1. The Kier molecular flexibility index (Phi) is 4.51. The van der Waals surface area contributed by atoms with Gasteiger partial charge in [-0.2, -0.15) is 0 Å². The van der Waals surface area contributed by atoms with Crippen LogP contribution in [-0.2, 0) is 24.1 Å². The van der Waals surface area contributed by atoms with Crippen LogP contribution in [0.5, 0.6) is 11.5 Å². The lowest BCUT2D eigenvalue weighted by Gasteiger charge is -2.10. The van der Waals surface area contributed by atoms with Crippen LogP contribution in [0, 0.1) is 0 Å². The maximum atomic E-state index is 12.3.